The van der Waals surface area contributed by atoms with E-state index in [1.165, 1.54) is 54.4 Å². The Morgan fingerprint density at radius 1 is 0.553 bits per heavy atom. The fourth-order valence-corrected chi connectivity index (χ4v) is 11.1. The molecule has 406 valence electrons. The maximum absolute atomic E-state index is 14.8. The first-order valence-electron chi connectivity index (χ1n) is 24.3. The minimum Gasteiger partial charge on any atom is -0.461 e. The topological polar surface area (TPSA) is 302 Å². The molecular weight excluding hydrogens is 1020 g/mol. The van der Waals surface area contributed by atoms with Crippen LogP contribution in [0.3, 0.4) is 0 Å². The van der Waals surface area contributed by atoms with Gasteiger partial charge in [0.25, 0.3) is 11.8 Å². The summed E-state index contributed by atoms with van der Waals surface area (Å²) in [6.07, 6.45) is 2.40. The van der Waals surface area contributed by atoms with Gasteiger partial charge in [0.15, 0.2) is 0 Å². The molecule has 6 rings (SSSR count). The molecule has 2 bridgehead atoms. The predicted octanol–water partition coefficient (Wildman–Crippen LogP) is 0.594. The first kappa shape index (κ1) is 57.8. The van der Waals surface area contributed by atoms with Crippen molar-refractivity contribution in [1.82, 2.24) is 60.8 Å². The number of fused-ring (bicyclic) bond motifs is 7. The molecule has 4 N–H and O–H groups in total. The van der Waals surface area contributed by atoms with E-state index in [2.05, 4.69) is 41.2 Å². The molecule has 8 amide bonds. The van der Waals surface area contributed by atoms with E-state index in [1.807, 2.05) is 0 Å². The minimum atomic E-state index is -1.65. The summed E-state index contributed by atoms with van der Waals surface area (Å²) in [6.45, 7) is 7.71. The second-order valence-corrected chi connectivity index (χ2v) is 21.6. The summed E-state index contributed by atoms with van der Waals surface area (Å²) in [7, 11) is 7.48. The first-order chi connectivity index (χ1) is 36.0. The molecule has 0 spiro atoms. The molecule has 76 heavy (non-hydrogen) atoms. The normalized spacial score (nSPS) is 24.7. The molecule has 1 unspecified atom stereocenters. The molecule has 2 fully saturated rings. The highest BCUT2D eigenvalue weighted by Crippen LogP contribution is 2.29. The molecule has 4 heterocycles. The van der Waals surface area contributed by atoms with Crippen molar-refractivity contribution in [2.24, 2.45) is 11.8 Å². The number of esters is 2. The lowest BCUT2D eigenvalue weighted by Gasteiger charge is -2.37. The number of aromatic nitrogens is 4. The molecule has 0 saturated carbocycles. The Morgan fingerprint density at radius 3 is 1.24 bits per heavy atom. The van der Waals surface area contributed by atoms with Crippen molar-refractivity contribution in [1.29, 1.82) is 0 Å². The van der Waals surface area contributed by atoms with Crippen LogP contribution in [-0.2, 0) is 47.8 Å². The molecule has 2 aromatic carbocycles. The van der Waals surface area contributed by atoms with E-state index in [9.17, 15) is 47.9 Å². The third-order valence-corrected chi connectivity index (χ3v) is 15.2. The second-order valence-electron chi connectivity index (χ2n) is 19.0. The number of amides is 8. The van der Waals surface area contributed by atoms with Crippen LogP contribution in [0.1, 0.15) is 62.5 Å². The molecule has 26 heteroatoms. The molecule has 24 nitrogen and oxygen atoms in total. The quantitative estimate of drug-likeness (QED) is 0.152. The van der Waals surface area contributed by atoms with Gasteiger partial charge >= 0.3 is 11.9 Å². The van der Waals surface area contributed by atoms with E-state index in [0.717, 1.165) is 41.2 Å². The highest BCUT2D eigenvalue weighted by molar-refractivity contribution is 8.76. The van der Waals surface area contributed by atoms with Crippen molar-refractivity contribution in [2.45, 2.75) is 89.9 Å². The summed E-state index contributed by atoms with van der Waals surface area (Å²) in [5, 5.41) is 10.2. The number of carbonyl (C=O) groups excluding carboxylic acids is 10. The zero-order valence-corrected chi connectivity index (χ0v) is 45.3. The van der Waals surface area contributed by atoms with Gasteiger partial charge in [0.1, 0.15) is 72.9 Å². The van der Waals surface area contributed by atoms with Gasteiger partial charge in [0.05, 0.1) is 34.5 Å². The fraction of sp³-hybridized carbons (Fsp3) is 0.480. The van der Waals surface area contributed by atoms with Gasteiger partial charge in [-0.25, -0.2) is 19.6 Å². The number of benzene rings is 2. The molecule has 0 aliphatic carbocycles. The number of carbonyl (C=O) groups is 10. The van der Waals surface area contributed by atoms with Crippen molar-refractivity contribution >= 4 is 103 Å². The number of rotatable bonds is 6. The molecule has 2 aromatic heterocycles. The molecular formula is C50H62N12O12S2. The van der Waals surface area contributed by atoms with E-state index < -0.39 is 133 Å². The predicted molar refractivity (Wildman–Crippen MR) is 280 cm³/mol. The van der Waals surface area contributed by atoms with Crippen LogP contribution in [0, 0.1) is 11.8 Å². The average Bonchev–Trinajstić information content (AvgIpc) is 3.39. The largest absolute Gasteiger partial charge is 0.461 e. The Hall–Kier alpha value is -7.48. The zero-order chi connectivity index (χ0) is 55.7. The van der Waals surface area contributed by atoms with Gasteiger partial charge in [0, 0.05) is 39.7 Å². The Morgan fingerprint density at radius 2 is 0.895 bits per heavy atom. The highest BCUT2D eigenvalue weighted by Gasteiger charge is 2.42. The summed E-state index contributed by atoms with van der Waals surface area (Å²) >= 11 is 0. The van der Waals surface area contributed by atoms with Crippen LogP contribution in [-0.4, -0.2) is 200 Å². The number of cyclic esters (lactones) is 2. The number of ether oxygens (including phenoxy) is 2. The Kier molecular flexibility index (Phi) is 19.3. The van der Waals surface area contributed by atoms with Gasteiger partial charge in [0.2, 0.25) is 35.4 Å². The fourth-order valence-electron chi connectivity index (χ4n) is 8.56. The summed E-state index contributed by atoms with van der Waals surface area (Å²) < 4.78 is 11.4. The SMILES string of the molecule is CC(C)[C@H]1C(=O)OC[C@@H](NC(=O)c2cnc3ccccc3n2)C(=O)N[C@H](C)C(=O)N(C)[C@@H]2CSSCC(C(=O)N1C)N(C)C(=O)[C@H](C)NC(=O)[C@H](NC(=O)c1cnc3ccccc3n1)COC(=O)[C@H](C(C)C)N(C)C2=O. The van der Waals surface area contributed by atoms with Crippen LogP contribution >= 0.6 is 21.6 Å². The van der Waals surface area contributed by atoms with Crippen molar-refractivity contribution in [3.8, 4) is 0 Å². The number of hydrogen-bond acceptors (Lipinski definition) is 18. The number of nitrogens with zero attached hydrogens (tertiary/aromatic N) is 8. The van der Waals surface area contributed by atoms with Crippen LogP contribution in [0.25, 0.3) is 22.1 Å². The summed E-state index contributed by atoms with van der Waals surface area (Å²) in [5.41, 5.74) is 1.39. The smallest absolute Gasteiger partial charge is 0.329 e. The van der Waals surface area contributed by atoms with E-state index in [1.54, 1.807) is 76.2 Å². The molecule has 2 aliphatic heterocycles. The monoisotopic (exact) mass is 1090 g/mol. The number of para-hydroxylation sites is 4. The lowest BCUT2D eigenvalue weighted by atomic mass is 10.0. The highest BCUT2D eigenvalue weighted by atomic mass is 33.1. The van der Waals surface area contributed by atoms with Crippen molar-refractivity contribution in [2.75, 3.05) is 52.9 Å². The van der Waals surface area contributed by atoms with Gasteiger partial charge in [-0.1, -0.05) is 73.5 Å². The molecule has 2 aliphatic rings. The van der Waals surface area contributed by atoms with Gasteiger partial charge in [-0.2, -0.15) is 0 Å². The van der Waals surface area contributed by atoms with Crippen molar-refractivity contribution in [3.05, 3.63) is 72.3 Å². The number of hydrogen-bond donors (Lipinski definition) is 4. The van der Waals surface area contributed by atoms with Crippen molar-refractivity contribution < 1.29 is 57.4 Å². The zero-order valence-electron chi connectivity index (χ0n) is 43.7. The first-order valence-corrected chi connectivity index (χ1v) is 26.8. The van der Waals surface area contributed by atoms with Crippen LogP contribution in [0.15, 0.2) is 60.9 Å². The lowest BCUT2D eigenvalue weighted by molar-refractivity contribution is -0.160. The Bertz CT molecular complexity index is 2700. The summed E-state index contributed by atoms with van der Waals surface area (Å²) in [5.74, 6) is -10.3. The standard InChI is InChI=1S/C50H62N12O12S2/c1-25(2)39-49(71)73-21-35(57-41(63)33-19-51-29-15-11-13-17-31(29)55-33)43(65)53-28(6)46(68)60(8)38-24-76-75-23-37(47(69)61(39)9)59(7)45(67)27(5)54-44(66)36(22-74-50(72)40(26(3)4)62(10)48(38)70)58-42(64)34-20-52-30-16-12-14-18-32(30)56-34/h11-20,25-28,35-40H,21-24H2,1-10H3,(H,53,65)(H,54,66)(H,57,63)(H,58,64)/t27-,28+,35-,36-,37-,38?,39+,40+/m1/s1. The van der Waals surface area contributed by atoms with E-state index in [0.29, 0.717) is 22.1 Å². The minimum absolute atomic E-state index is 0.157. The van der Waals surface area contributed by atoms with Gasteiger partial charge in [-0.15, -0.1) is 0 Å². The van der Waals surface area contributed by atoms with Crippen LogP contribution in [0.2, 0.25) is 0 Å². The van der Waals surface area contributed by atoms with Crippen molar-refractivity contribution in [3.63, 3.8) is 0 Å². The van der Waals surface area contributed by atoms with E-state index in [-0.39, 0.29) is 22.9 Å². The third-order valence-electron chi connectivity index (χ3n) is 12.9. The maximum Gasteiger partial charge on any atom is 0.329 e. The van der Waals surface area contributed by atoms with Crippen LogP contribution in [0.5, 0.6) is 0 Å². The number of likely N-dealkylation sites (N-methyl/N-ethyl adjacent to an activating group) is 4. The molecule has 4 aromatic rings. The molecule has 0 radical (unpaired) electrons. The second kappa shape index (κ2) is 25.4. The Labute approximate surface area is 446 Å². The van der Waals surface area contributed by atoms with Crippen LogP contribution < -0.4 is 21.3 Å². The van der Waals surface area contributed by atoms with E-state index >= 15 is 0 Å². The summed E-state index contributed by atoms with van der Waals surface area (Å²) in [4.78, 5) is 164. The third kappa shape index (κ3) is 13.5. The van der Waals surface area contributed by atoms with Gasteiger partial charge in [-0.3, -0.25) is 48.3 Å². The Balaban J connectivity index is 1.39. The molecule has 2 saturated heterocycles. The lowest BCUT2D eigenvalue weighted by Crippen LogP contribution is -2.60. The average molecular weight is 1090 g/mol. The number of nitrogens with one attached hydrogen (secondary N) is 4. The molecule has 8 atom stereocenters. The van der Waals surface area contributed by atoms with Gasteiger partial charge in [-0.05, 0) is 49.9 Å². The summed E-state index contributed by atoms with van der Waals surface area (Å²) in [6, 6.07) is 2.10. The van der Waals surface area contributed by atoms with Crippen LogP contribution in [0.4, 0.5) is 0 Å². The van der Waals surface area contributed by atoms with Gasteiger partial charge < -0.3 is 50.3 Å². The van der Waals surface area contributed by atoms with E-state index in [4.69, 9.17) is 9.47 Å². The maximum atomic E-state index is 14.8.